The van der Waals surface area contributed by atoms with Crippen LogP contribution in [-0.4, -0.2) is 12.0 Å². The average Bonchev–Trinajstić information content (AvgIpc) is 2.53. The van der Waals surface area contributed by atoms with Crippen LogP contribution >= 0.6 is 15.9 Å². The zero-order chi connectivity index (χ0) is 8.55. The van der Waals surface area contributed by atoms with Gasteiger partial charge in [-0.3, -0.25) is 0 Å². The largest absolute Gasteiger partial charge is 0.387 e. The monoisotopic (exact) mass is 224 g/mol. The number of anilines is 1. The van der Waals surface area contributed by atoms with Crippen molar-refractivity contribution < 1.29 is 0 Å². The Morgan fingerprint density at radius 3 is 2.92 bits per heavy atom. The molecule has 0 aliphatic heterocycles. The maximum absolute atomic E-state index is 3.53. The number of halogens is 1. The van der Waals surface area contributed by atoms with Gasteiger partial charge in [0.1, 0.15) is 0 Å². The molecule has 0 aliphatic rings. The third-order valence-electron chi connectivity index (χ3n) is 1.93. The number of aromatic nitrogens is 1. The van der Waals surface area contributed by atoms with Crippen LogP contribution in [0.4, 0.5) is 5.69 Å². The fourth-order valence-electron chi connectivity index (χ4n) is 1.28. The molecular formula is C9H9BrN2. The van der Waals surface area contributed by atoms with Crippen LogP contribution in [0.15, 0.2) is 28.9 Å². The lowest BCUT2D eigenvalue weighted by Crippen LogP contribution is -1.88. The molecule has 1 aromatic carbocycles. The van der Waals surface area contributed by atoms with Crippen molar-refractivity contribution in [3.8, 4) is 0 Å². The summed E-state index contributed by atoms with van der Waals surface area (Å²) in [5.41, 5.74) is 2.24. The molecule has 0 unspecified atom stereocenters. The molecule has 1 aromatic heterocycles. The minimum absolute atomic E-state index is 1.09. The van der Waals surface area contributed by atoms with Gasteiger partial charge in [-0.1, -0.05) is 6.07 Å². The summed E-state index contributed by atoms with van der Waals surface area (Å²) >= 11 is 3.53. The van der Waals surface area contributed by atoms with Crippen LogP contribution < -0.4 is 5.32 Å². The predicted octanol–water partition coefficient (Wildman–Crippen LogP) is 2.97. The fraction of sp³-hybridized carbons (Fsp3) is 0.111. The van der Waals surface area contributed by atoms with Gasteiger partial charge in [0, 0.05) is 18.6 Å². The van der Waals surface area contributed by atoms with Crippen molar-refractivity contribution in [3.05, 3.63) is 28.9 Å². The summed E-state index contributed by atoms with van der Waals surface area (Å²) in [7, 11) is 1.91. The molecule has 0 saturated carbocycles. The van der Waals surface area contributed by atoms with E-state index in [9.17, 15) is 0 Å². The first-order chi connectivity index (χ1) is 5.83. The van der Waals surface area contributed by atoms with E-state index in [4.69, 9.17) is 0 Å². The van der Waals surface area contributed by atoms with Crippen LogP contribution in [0, 0.1) is 0 Å². The number of benzene rings is 1. The standard InChI is InChI=1S/C9H9BrN2/c1-11-7-3-2-6-4-5-12-9(6)8(7)10/h2-5,11-12H,1H3. The van der Waals surface area contributed by atoms with E-state index in [-0.39, 0.29) is 0 Å². The molecule has 62 valence electrons. The van der Waals surface area contributed by atoms with Crippen molar-refractivity contribution in [3.63, 3.8) is 0 Å². The zero-order valence-corrected chi connectivity index (χ0v) is 8.27. The van der Waals surface area contributed by atoms with Gasteiger partial charge in [0.15, 0.2) is 0 Å². The van der Waals surface area contributed by atoms with Crippen LogP contribution in [-0.2, 0) is 0 Å². The summed E-state index contributed by atoms with van der Waals surface area (Å²) in [4.78, 5) is 3.18. The number of fused-ring (bicyclic) bond motifs is 1. The van der Waals surface area contributed by atoms with Gasteiger partial charge in [-0.2, -0.15) is 0 Å². The second-order valence-corrected chi connectivity index (χ2v) is 3.41. The van der Waals surface area contributed by atoms with Gasteiger partial charge in [-0.25, -0.2) is 0 Å². The van der Waals surface area contributed by atoms with Crippen molar-refractivity contribution in [1.82, 2.24) is 4.98 Å². The summed E-state index contributed by atoms with van der Waals surface area (Å²) in [6, 6.07) is 6.20. The Balaban J connectivity index is 2.78. The summed E-state index contributed by atoms with van der Waals surface area (Å²) < 4.78 is 1.09. The zero-order valence-electron chi connectivity index (χ0n) is 6.69. The Kier molecular flexibility index (Phi) is 1.81. The Bertz CT molecular complexity index is 406. The van der Waals surface area contributed by atoms with Crippen molar-refractivity contribution in [2.75, 3.05) is 12.4 Å². The molecule has 0 aliphatic carbocycles. The van der Waals surface area contributed by atoms with E-state index in [0.29, 0.717) is 0 Å². The number of nitrogens with one attached hydrogen (secondary N) is 2. The molecule has 0 bridgehead atoms. The van der Waals surface area contributed by atoms with Crippen molar-refractivity contribution in [1.29, 1.82) is 0 Å². The molecule has 2 nitrogen and oxygen atoms in total. The molecule has 3 heteroatoms. The summed E-state index contributed by atoms with van der Waals surface area (Å²) in [6.07, 6.45) is 1.94. The minimum atomic E-state index is 1.09. The predicted molar refractivity (Wildman–Crippen MR) is 55.5 cm³/mol. The van der Waals surface area contributed by atoms with Gasteiger partial charge in [0.25, 0.3) is 0 Å². The van der Waals surface area contributed by atoms with Crippen LogP contribution in [0.25, 0.3) is 10.9 Å². The molecule has 0 saturated heterocycles. The first-order valence-corrected chi connectivity index (χ1v) is 4.55. The Morgan fingerprint density at radius 1 is 1.33 bits per heavy atom. The highest BCUT2D eigenvalue weighted by atomic mass is 79.9. The second-order valence-electron chi connectivity index (χ2n) is 2.62. The third kappa shape index (κ3) is 1.01. The SMILES string of the molecule is CNc1ccc2cc[nH]c2c1Br. The molecule has 1 heterocycles. The highest BCUT2D eigenvalue weighted by Gasteiger charge is 2.03. The molecule has 2 aromatic rings. The van der Waals surface area contributed by atoms with Gasteiger partial charge in [-0.15, -0.1) is 0 Å². The lowest BCUT2D eigenvalue weighted by molar-refractivity contribution is 1.44. The van der Waals surface area contributed by atoms with E-state index < -0.39 is 0 Å². The van der Waals surface area contributed by atoms with Crippen LogP contribution in [0.1, 0.15) is 0 Å². The van der Waals surface area contributed by atoms with Gasteiger partial charge >= 0.3 is 0 Å². The summed E-state index contributed by atoms with van der Waals surface area (Å²) in [5.74, 6) is 0. The number of rotatable bonds is 1. The van der Waals surface area contributed by atoms with Crippen molar-refractivity contribution >= 4 is 32.5 Å². The van der Waals surface area contributed by atoms with Gasteiger partial charge < -0.3 is 10.3 Å². The molecular weight excluding hydrogens is 216 g/mol. The quantitative estimate of drug-likeness (QED) is 0.767. The van der Waals surface area contributed by atoms with E-state index in [1.807, 2.05) is 13.2 Å². The Morgan fingerprint density at radius 2 is 2.17 bits per heavy atom. The maximum atomic E-state index is 3.53. The Hall–Kier alpha value is -0.960. The molecule has 0 atom stereocenters. The first-order valence-electron chi connectivity index (χ1n) is 3.76. The normalized spacial score (nSPS) is 10.5. The van der Waals surface area contributed by atoms with Crippen molar-refractivity contribution in [2.45, 2.75) is 0 Å². The second kappa shape index (κ2) is 2.83. The van der Waals surface area contributed by atoms with E-state index in [0.717, 1.165) is 15.7 Å². The summed E-state index contributed by atoms with van der Waals surface area (Å²) in [5, 5.41) is 4.33. The molecule has 2 rings (SSSR count). The highest BCUT2D eigenvalue weighted by Crippen LogP contribution is 2.29. The number of aromatic amines is 1. The number of hydrogen-bond acceptors (Lipinski definition) is 1. The van der Waals surface area contributed by atoms with Crippen LogP contribution in [0.3, 0.4) is 0 Å². The van der Waals surface area contributed by atoms with Gasteiger partial charge in [0.05, 0.1) is 15.7 Å². The smallest absolute Gasteiger partial charge is 0.0647 e. The first kappa shape index (κ1) is 7.68. The molecule has 0 amide bonds. The molecule has 0 radical (unpaired) electrons. The van der Waals surface area contributed by atoms with E-state index in [1.165, 1.54) is 5.39 Å². The van der Waals surface area contributed by atoms with Crippen LogP contribution in [0.5, 0.6) is 0 Å². The maximum Gasteiger partial charge on any atom is 0.0647 e. The van der Waals surface area contributed by atoms with Gasteiger partial charge in [-0.05, 0) is 28.1 Å². The summed E-state index contributed by atoms with van der Waals surface area (Å²) in [6.45, 7) is 0. The van der Waals surface area contributed by atoms with Gasteiger partial charge in [0.2, 0.25) is 0 Å². The topological polar surface area (TPSA) is 27.8 Å². The van der Waals surface area contributed by atoms with E-state index in [1.54, 1.807) is 0 Å². The molecule has 2 N–H and O–H groups in total. The van der Waals surface area contributed by atoms with E-state index >= 15 is 0 Å². The molecule has 0 fully saturated rings. The molecule has 12 heavy (non-hydrogen) atoms. The lowest BCUT2D eigenvalue weighted by atomic mass is 10.2. The lowest BCUT2D eigenvalue weighted by Gasteiger charge is -2.03. The highest BCUT2D eigenvalue weighted by molar-refractivity contribution is 9.10. The number of hydrogen-bond donors (Lipinski definition) is 2. The van der Waals surface area contributed by atoms with E-state index in [2.05, 4.69) is 44.4 Å². The Labute approximate surface area is 79.1 Å². The minimum Gasteiger partial charge on any atom is -0.387 e. The van der Waals surface area contributed by atoms with Crippen molar-refractivity contribution in [2.24, 2.45) is 0 Å². The number of H-pyrrole nitrogens is 1. The average molecular weight is 225 g/mol. The fourth-order valence-corrected chi connectivity index (χ4v) is 1.96. The van der Waals surface area contributed by atoms with Crippen LogP contribution in [0.2, 0.25) is 0 Å². The third-order valence-corrected chi connectivity index (χ3v) is 2.76. The molecule has 0 spiro atoms.